The normalized spacial score (nSPS) is 15.7. The second-order valence-corrected chi connectivity index (χ2v) is 9.73. The molecule has 0 saturated carbocycles. The van der Waals surface area contributed by atoms with Crippen molar-refractivity contribution >= 4 is 52.3 Å². The highest BCUT2D eigenvalue weighted by molar-refractivity contribution is 7.07. The van der Waals surface area contributed by atoms with E-state index in [1.54, 1.807) is 42.7 Å². The van der Waals surface area contributed by atoms with Gasteiger partial charge in [0.25, 0.3) is 5.56 Å². The van der Waals surface area contributed by atoms with Crippen LogP contribution in [0.2, 0.25) is 10.0 Å². The number of aromatic nitrogens is 1. The van der Waals surface area contributed by atoms with Gasteiger partial charge in [0.15, 0.2) is 4.80 Å². The van der Waals surface area contributed by atoms with Crippen molar-refractivity contribution in [2.24, 2.45) is 4.99 Å². The third kappa shape index (κ3) is 4.43. The standard InChI is InChI=1S/C25H23Cl2N3O3S/c1-5-33-24(32)20-14(2)28-25-30(22(20)15-9-11-17(12-10-15)29(3)4)23(31)19(34-25)13-16-7-6-8-18(26)21(16)27/h6-13,22H,5H2,1-4H3/b19-13+/t22-/m0/s1. The van der Waals surface area contributed by atoms with Crippen LogP contribution in [0.1, 0.15) is 31.0 Å². The molecule has 34 heavy (non-hydrogen) atoms. The third-order valence-electron chi connectivity index (χ3n) is 5.51. The van der Waals surface area contributed by atoms with Crippen LogP contribution < -0.4 is 19.8 Å². The fourth-order valence-corrected chi connectivity index (χ4v) is 5.23. The summed E-state index contributed by atoms with van der Waals surface area (Å²) in [6.45, 7) is 3.73. The highest BCUT2D eigenvalue weighted by Crippen LogP contribution is 2.32. The van der Waals surface area contributed by atoms with E-state index in [2.05, 4.69) is 4.99 Å². The van der Waals surface area contributed by atoms with E-state index >= 15 is 0 Å². The second-order valence-electron chi connectivity index (χ2n) is 7.93. The Morgan fingerprint density at radius 2 is 1.91 bits per heavy atom. The monoisotopic (exact) mass is 515 g/mol. The lowest BCUT2D eigenvalue weighted by molar-refractivity contribution is -0.139. The van der Waals surface area contributed by atoms with Crippen LogP contribution in [0.25, 0.3) is 6.08 Å². The number of halogens is 2. The maximum Gasteiger partial charge on any atom is 0.338 e. The van der Waals surface area contributed by atoms with E-state index in [1.807, 2.05) is 43.3 Å². The number of esters is 1. The van der Waals surface area contributed by atoms with Crippen LogP contribution in [-0.2, 0) is 9.53 Å². The molecule has 2 aromatic carbocycles. The van der Waals surface area contributed by atoms with Gasteiger partial charge in [-0.15, -0.1) is 0 Å². The summed E-state index contributed by atoms with van der Waals surface area (Å²) in [5, 5.41) is 0.775. The Labute approximate surface area is 211 Å². The summed E-state index contributed by atoms with van der Waals surface area (Å²) in [4.78, 5) is 33.7. The van der Waals surface area contributed by atoms with Crippen molar-refractivity contribution in [3.05, 3.63) is 94.6 Å². The number of carbonyl (C=O) groups is 1. The predicted octanol–water partition coefficient (Wildman–Crippen LogP) is 4.17. The van der Waals surface area contributed by atoms with Gasteiger partial charge < -0.3 is 9.64 Å². The van der Waals surface area contributed by atoms with E-state index in [0.29, 0.717) is 36.2 Å². The second kappa shape index (κ2) is 9.78. The van der Waals surface area contributed by atoms with Gasteiger partial charge in [-0.2, -0.15) is 0 Å². The van der Waals surface area contributed by atoms with Crippen LogP contribution in [0.5, 0.6) is 0 Å². The van der Waals surface area contributed by atoms with E-state index in [4.69, 9.17) is 27.9 Å². The number of carbonyl (C=O) groups excluding carboxylic acids is 1. The molecule has 0 fully saturated rings. The first-order chi connectivity index (χ1) is 16.2. The van der Waals surface area contributed by atoms with E-state index in [0.717, 1.165) is 11.3 Å². The molecule has 9 heteroatoms. The molecule has 1 aromatic heterocycles. The largest absolute Gasteiger partial charge is 0.463 e. The Bertz CT molecular complexity index is 1470. The van der Waals surface area contributed by atoms with Crippen molar-refractivity contribution in [3.8, 4) is 0 Å². The van der Waals surface area contributed by atoms with Crippen molar-refractivity contribution in [2.75, 3.05) is 25.6 Å². The van der Waals surface area contributed by atoms with Gasteiger partial charge in [0, 0.05) is 19.8 Å². The number of hydrogen-bond acceptors (Lipinski definition) is 6. The fourth-order valence-electron chi connectivity index (χ4n) is 3.83. The van der Waals surface area contributed by atoms with Crippen molar-refractivity contribution < 1.29 is 9.53 Å². The molecule has 1 atom stereocenters. The number of fused-ring (bicyclic) bond motifs is 1. The Morgan fingerprint density at radius 1 is 1.21 bits per heavy atom. The number of anilines is 1. The molecular weight excluding hydrogens is 493 g/mol. The number of thiazole rings is 1. The lowest BCUT2D eigenvalue weighted by Crippen LogP contribution is -2.40. The highest BCUT2D eigenvalue weighted by Gasteiger charge is 2.33. The molecule has 0 spiro atoms. The average molecular weight is 516 g/mol. The predicted molar refractivity (Wildman–Crippen MR) is 138 cm³/mol. The summed E-state index contributed by atoms with van der Waals surface area (Å²) in [6, 6.07) is 12.3. The number of benzene rings is 2. The quantitative estimate of drug-likeness (QED) is 0.478. The van der Waals surface area contributed by atoms with Crippen LogP contribution in [-0.4, -0.2) is 31.2 Å². The fraction of sp³-hybridized carbons (Fsp3) is 0.240. The Morgan fingerprint density at radius 3 is 2.56 bits per heavy atom. The van der Waals surface area contributed by atoms with Gasteiger partial charge in [-0.3, -0.25) is 9.36 Å². The van der Waals surface area contributed by atoms with E-state index in [1.165, 1.54) is 11.3 Å². The number of hydrogen-bond donors (Lipinski definition) is 0. The molecule has 0 bridgehead atoms. The smallest absolute Gasteiger partial charge is 0.338 e. The van der Waals surface area contributed by atoms with Crippen molar-refractivity contribution in [1.82, 2.24) is 4.57 Å². The maximum absolute atomic E-state index is 13.6. The molecule has 2 heterocycles. The molecule has 1 aliphatic rings. The molecule has 0 amide bonds. The zero-order chi connectivity index (χ0) is 24.6. The van der Waals surface area contributed by atoms with Gasteiger partial charge >= 0.3 is 5.97 Å². The zero-order valence-electron chi connectivity index (χ0n) is 19.1. The molecular formula is C25H23Cl2N3O3S. The van der Waals surface area contributed by atoms with E-state index in [9.17, 15) is 9.59 Å². The summed E-state index contributed by atoms with van der Waals surface area (Å²) in [7, 11) is 3.90. The van der Waals surface area contributed by atoms with Gasteiger partial charge in [-0.1, -0.05) is 58.8 Å². The zero-order valence-corrected chi connectivity index (χ0v) is 21.5. The molecule has 0 saturated heterocycles. The van der Waals surface area contributed by atoms with Crippen LogP contribution in [0.4, 0.5) is 5.69 Å². The Hall–Kier alpha value is -2.87. The topological polar surface area (TPSA) is 63.9 Å². The molecule has 0 unspecified atom stereocenters. The summed E-state index contributed by atoms with van der Waals surface area (Å²) in [6.07, 6.45) is 1.70. The molecule has 3 aromatic rings. The maximum atomic E-state index is 13.6. The first-order valence-corrected chi connectivity index (χ1v) is 12.2. The minimum absolute atomic E-state index is 0.222. The van der Waals surface area contributed by atoms with E-state index in [-0.39, 0.29) is 12.2 Å². The lowest BCUT2D eigenvalue weighted by atomic mass is 9.95. The minimum Gasteiger partial charge on any atom is -0.463 e. The molecule has 6 nitrogen and oxygen atoms in total. The molecule has 1 aliphatic heterocycles. The van der Waals surface area contributed by atoms with Crippen LogP contribution in [0.15, 0.2) is 63.5 Å². The SMILES string of the molecule is CCOC(=O)C1=C(C)N=c2s/c(=C/c3cccc(Cl)c3Cl)c(=O)n2[C@H]1c1ccc(N(C)C)cc1. The summed E-state index contributed by atoms with van der Waals surface area (Å²) in [5.74, 6) is -0.488. The van der Waals surface area contributed by atoms with Crippen molar-refractivity contribution in [2.45, 2.75) is 19.9 Å². The Kier molecular flexibility index (Phi) is 6.98. The number of ether oxygens (including phenoxy) is 1. The third-order valence-corrected chi connectivity index (χ3v) is 7.33. The van der Waals surface area contributed by atoms with Gasteiger partial charge in [-0.25, -0.2) is 9.79 Å². The molecule has 0 radical (unpaired) electrons. The van der Waals surface area contributed by atoms with Crippen molar-refractivity contribution in [1.29, 1.82) is 0 Å². The Balaban J connectivity index is 1.95. The van der Waals surface area contributed by atoms with Crippen LogP contribution in [0, 0.1) is 0 Å². The van der Waals surface area contributed by atoms with Gasteiger partial charge in [0.05, 0.1) is 38.5 Å². The number of allylic oxidation sites excluding steroid dienone is 1. The van der Waals surface area contributed by atoms with Crippen LogP contribution >= 0.6 is 34.5 Å². The number of nitrogens with zero attached hydrogens (tertiary/aromatic N) is 3. The summed E-state index contributed by atoms with van der Waals surface area (Å²) >= 11 is 13.7. The van der Waals surface area contributed by atoms with Crippen LogP contribution in [0.3, 0.4) is 0 Å². The lowest BCUT2D eigenvalue weighted by Gasteiger charge is -2.25. The van der Waals surface area contributed by atoms with E-state index < -0.39 is 12.0 Å². The first-order valence-electron chi connectivity index (χ1n) is 10.6. The van der Waals surface area contributed by atoms with Gasteiger partial charge in [0.1, 0.15) is 0 Å². The first kappa shape index (κ1) is 24.3. The highest BCUT2D eigenvalue weighted by atomic mass is 35.5. The summed E-state index contributed by atoms with van der Waals surface area (Å²) < 4.78 is 7.33. The molecule has 0 aliphatic carbocycles. The van der Waals surface area contributed by atoms with Crippen molar-refractivity contribution in [3.63, 3.8) is 0 Å². The molecule has 4 rings (SSSR count). The minimum atomic E-state index is -0.663. The molecule has 176 valence electrons. The van der Waals surface area contributed by atoms with Gasteiger partial charge in [-0.05, 0) is 49.2 Å². The molecule has 0 N–H and O–H groups in total. The van der Waals surface area contributed by atoms with Gasteiger partial charge in [0.2, 0.25) is 0 Å². The average Bonchev–Trinajstić information content (AvgIpc) is 3.10. The summed E-state index contributed by atoms with van der Waals surface area (Å²) in [5.41, 5.74) is 3.03. The number of rotatable bonds is 5.